The molecule has 0 radical (unpaired) electrons. The number of fused-ring (bicyclic) bond motifs is 1. The predicted octanol–water partition coefficient (Wildman–Crippen LogP) is 4.13. The Kier molecular flexibility index (Phi) is 6.58. The number of halogens is 1. The van der Waals surface area contributed by atoms with Gasteiger partial charge in [-0.3, -0.25) is 4.90 Å². The summed E-state index contributed by atoms with van der Waals surface area (Å²) >= 11 is 6.36. The van der Waals surface area contributed by atoms with Crippen molar-refractivity contribution in [3.63, 3.8) is 0 Å². The number of nitrogens with zero attached hydrogens (tertiary/aromatic N) is 5. The first-order valence-corrected chi connectivity index (χ1v) is 11.6. The molecular weight excluding hydrogens is 426 g/mol. The van der Waals surface area contributed by atoms with Crippen LogP contribution < -0.4 is 4.90 Å². The number of benzene rings is 1. The summed E-state index contributed by atoms with van der Waals surface area (Å²) in [4.78, 5) is 28.1. The van der Waals surface area contributed by atoms with Crippen molar-refractivity contribution in [3.8, 4) is 0 Å². The summed E-state index contributed by atoms with van der Waals surface area (Å²) in [5, 5.41) is 0.280. The number of ether oxygens (including phenoxy) is 1. The average molecular weight is 458 g/mol. The van der Waals surface area contributed by atoms with Crippen LogP contribution in [-0.4, -0.2) is 63.7 Å². The molecule has 0 aliphatic carbocycles. The smallest absolute Gasteiger partial charge is 0.410 e. The zero-order valence-electron chi connectivity index (χ0n) is 19.3. The van der Waals surface area contributed by atoms with Gasteiger partial charge in [-0.15, -0.1) is 0 Å². The Morgan fingerprint density at radius 2 is 1.91 bits per heavy atom. The lowest BCUT2D eigenvalue weighted by Crippen LogP contribution is -2.55. The number of hydrogen-bond donors (Lipinski definition) is 0. The first-order chi connectivity index (χ1) is 15.2. The van der Waals surface area contributed by atoms with Crippen LogP contribution in [0.2, 0.25) is 5.28 Å². The van der Waals surface area contributed by atoms with Crippen LogP contribution in [0.3, 0.4) is 0 Å². The van der Waals surface area contributed by atoms with Crippen molar-refractivity contribution in [2.45, 2.75) is 58.8 Å². The maximum Gasteiger partial charge on any atom is 0.410 e. The Morgan fingerprint density at radius 1 is 1.16 bits per heavy atom. The summed E-state index contributed by atoms with van der Waals surface area (Å²) in [6, 6.07) is 10.6. The highest BCUT2D eigenvalue weighted by Crippen LogP contribution is 2.31. The molecule has 1 amide bonds. The molecule has 32 heavy (non-hydrogen) atoms. The van der Waals surface area contributed by atoms with Gasteiger partial charge in [0, 0.05) is 50.9 Å². The summed E-state index contributed by atoms with van der Waals surface area (Å²) in [6.45, 7) is 12.3. The molecule has 0 saturated carbocycles. The van der Waals surface area contributed by atoms with Crippen LogP contribution >= 0.6 is 11.6 Å². The molecule has 7 nitrogen and oxygen atoms in total. The molecule has 0 spiro atoms. The van der Waals surface area contributed by atoms with Crippen LogP contribution in [-0.2, 0) is 24.2 Å². The minimum Gasteiger partial charge on any atom is -0.444 e. The van der Waals surface area contributed by atoms with E-state index in [-0.39, 0.29) is 17.4 Å². The van der Waals surface area contributed by atoms with E-state index in [4.69, 9.17) is 16.3 Å². The van der Waals surface area contributed by atoms with Crippen molar-refractivity contribution in [1.82, 2.24) is 19.8 Å². The SMILES string of the molecule is C[C@@H]1CN(C(=O)OC(C)(C)C)CCN1c1nc(Cl)nc2c1CCN(Cc1ccccc1)C2. The minimum absolute atomic E-state index is 0.105. The van der Waals surface area contributed by atoms with Crippen LogP contribution in [0.1, 0.15) is 44.5 Å². The van der Waals surface area contributed by atoms with E-state index in [1.54, 1.807) is 4.90 Å². The molecule has 1 aromatic carbocycles. The number of carbonyl (C=O) groups is 1. The summed E-state index contributed by atoms with van der Waals surface area (Å²) in [5.41, 5.74) is 2.98. The van der Waals surface area contributed by atoms with Crippen LogP contribution in [0, 0.1) is 0 Å². The van der Waals surface area contributed by atoms with E-state index in [2.05, 4.69) is 51.0 Å². The quantitative estimate of drug-likeness (QED) is 0.646. The summed E-state index contributed by atoms with van der Waals surface area (Å²) in [5.74, 6) is 0.913. The van der Waals surface area contributed by atoms with Gasteiger partial charge in [-0.25, -0.2) is 14.8 Å². The van der Waals surface area contributed by atoms with Crippen molar-refractivity contribution in [2.75, 3.05) is 31.1 Å². The summed E-state index contributed by atoms with van der Waals surface area (Å²) in [6.07, 6.45) is 0.622. The molecule has 0 unspecified atom stereocenters. The van der Waals surface area contributed by atoms with Crippen LogP contribution in [0.25, 0.3) is 0 Å². The highest BCUT2D eigenvalue weighted by atomic mass is 35.5. The Hall–Kier alpha value is -2.38. The lowest BCUT2D eigenvalue weighted by atomic mass is 10.0. The van der Waals surface area contributed by atoms with Crippen molar-refractivity contribution in [3.05, 3.63) is 52.4 Å². The van der Waals surface area contributed by atoms with Gasteiger partial charge in [-0.2, -0.15) is 0 Å². The maximum absolute atomic E-state index is 12.5. The van der Waals surface area contributed by atoms with Gasteiger partial charge in [0.05, 0.1) is 5.69 Å². The number of piperazine rings is 1. The van der Waals surface area contributed by atoms with E-state index in [1.807, 2.05) is 26.8 Å². The number of anilines is 1. The van der Waals surface area contributed by atoms with Gasteiger partial charge in [0.2, 0.25) is 5.28 Å². The molecule has 172 valence electrons. The van der Waals surface area contributed by atoms with Crippen LogP contribution in [0.5, 0.6) is 0 Å². The molecule has 2 aliphatic heterocycles. The lowest BCUT2D eigenvalue weighted by molar-refractivity contribution is 0.0218. The van der Waals surface area contributed by atoms with Gasteiger partial charge in [0.15, 0.2) is 0 Å². The standard InChI is InChI=1S/C24H32ClN5O2/c1-17-14-29(23(31)32-24(2,3)4)12-13-30(17)21-19-10-11-28(15-18-8-6-5-7-9-18)16-20(19)26-22(25)27-21/h5-9,17H,10-16H2,1-4H3/t17-/m1/s1. The zero-order valence-corrected chi connectivity index (χ0v) is 20.1. The van der Waals surface area contributed by atoms with Gasteiger partial charge in [-0.1, -0.05) is 30.3 Å². The number of hydrogen-bond acceptors (Lipinski definition) is 6. The number of aromatic nitrogens is 2. The van der Waals surface area contributed by atoms with Crippen molar-refractivity contribution in [2.24, 2.45) is 0 Å². The molecule has 0 N–H and O–H groups in total. The molecule has 2 aliphatic rings. The first kappa shape index (κ1) is 22.8. The number of amides is 1. The molecule has 0 bridgehead atoms. The van der Waals surface area contributed by atoms with Gasteiger partial charge in [0.25, 0.3) is 0 Å². The van der Waals surface area contributed by atoms with Crippen LogP contribution in [0.15, 0.2) is 30.3 Å². The van der Waals surface area contributed by atoms with E-state index in [0.29, 0.717) is 19.6 Å². The zero-order chi connectivity index (χ0) is 22.9. The first-order valence-electron chi connectivity index (χ1n) is 11.3. The largest absolute Gasteiger partial charge is 0.444 e. The van der Waals surface area contributed by atoms with Gasteiger partial charge in [-0.05, 0) is 51.3 Å². The van der Waals surface area contributed by atoms with E-state index in [1.165, 1.54) is 11.1 Å². The minimum atomic E-state index is -0.498. The molecule has 1 saturated heterocycles. The van der Waals surface area contributed by atoms with Gasteiger partial charge >= 0.3 is 6.09 Å². The molecule has 1 atom stereocenters. The Bertz CT molecular complexity index is 963. The second kappa shape index (κ2) is 9.24. The number of rotatable bonds is 3. The van der Waals surface area contributed by atoms with E-state index in [0.717, 1.165) is 37.6 Å². The summed E-state index contributed by atoms with van der Waals surface area (Å²) in [7, 11) is 0. The molecule has 2 aromatic rings. The van der Waals surface area contributed by atoms with Gasteiger partial charge in [0.1, 0.15) is 11.4 Å². The molecule has 3 heterocycles. The molecule has 1 aromatic heterocycles. The molecular formula is C24H32ClN5O2. The third-order valence-electron chi connectivity index (χ3n) is 5.90. The number of carbonyl (C=O) groups excluding carboxylic acids is 1. The second-order valence-electron chi connectivity index (χ2n) is 9.66. The highest BCUT2D eigenvalue weighted by Gasteiger charge is 2.33. The normalized spacial score (nSPS) is 19.6. The third-order valence-corrected chi connectivity index (χ3v) is 6.06. The maximum atomic E-state index is 12.5. The van der Waals surface area contributed by atoms with E-state index in [9.17, 15) is 4.79 Å². The fourth-order valence-corrected chi connectivity index (χ4v) is 4.60. The van der Waals surface area contributed by atoms with Crippen molar-refractivity contribution < 1.29 is 9.53 Å². The predicted molar refractivity (Wildman–Crippen MR) is 126 cm³/mol. The Morgan fingerprint density at radius 3 is 2.59 bits per heavy atom. The fourth-order valence-electron chi connectivity index (χ4n) is 4.41. The molecule has 8 heteroatoms. The Labute approximate surface area is 195 Å². The van der Waals surface area contributed by atoms with Crippen molar-refractivity contribution >= 4 is 23.5 Å². The fraction of sp³-hybridized carbons (Fsp3) is 0.542. The van der Waals surface area contributed by atoms with E-state index >= 15 is 0 Å². The van der Waals surface area contributed by atoms with Gasteiger partial charge < -0.3 is 14.5 Å². The van der Waals surface area contributed by atoms with Crippen LogP contribution in [0.4, 0.5) is 10.6 Å². The summed E-state index contributed by atoms with van der Waals surface area (Å²) < 4.78 is 5.55. The lowest BCUT2D eigenvalue weighted by Gasteiger charge is -2.42. The van der Waals surface area contributed by atoms with E-state index < -0.39 is 5.60 Å². The molecule has 4 rings (SSSR count). The second-order valence-corrected chi connectivity index (χ2v) is 9.99. The third kappa shape index (κ3) is 5.33. The topological polar surface area (TPSA) is 61.8 Å². The monoisotopic (exact) mass is 457 g/mol. The Balaban J connectivity index is 1.48. The average Bonchev–Trinajstić information content (AvgIpc) is 2.72. The highest BCUT2D eigenvalue weighted by molar-refractivity contribution is 6.28. The van der Waals surface area contributed by atoms with Crippen molar-refractivity contribution in [1.29, 1.82) is 0 Å². The molecule has 1 fully saturated rings.